The number of benzene rings is 2. The number of ether oxygens (including phenoxy) is 1. The number of hydrogen-bond acceptors (Lipinski definition) is 4. The first kappa shape index (κ1) is 14.1. The Hall–Kier alpha value is -2.27. The molecule has 0 heterocycles. The summed E-state index contributed by atoms with van der Waals surface area (Å²) < 4.78 is 5.18. The van der Waals surface area contributed by atoms with Gasteiger partial charge in [0.1, 0.15) is 5.75 Å². The van der Waals surface area contributed by atoms with Crippen molar-refractivity contribution in [3.8, 4) is 5.75 Å². The van der Waals surface area contributed by atoms with Gasteiger partial charge >= 0.3 is 0 Å². The van der Waals surface area contributed by atoms with Gasteiger partial charge in [0.2, 0.25) is 6.20 Å². The van der Waals surface area contributed by atoms with Crippen molar-refractivity contribution in [2.75, 3.05) is 7.11 Å². The van der Waals surface area contributed by atoms with Crippen LogP contribution in [0.5, 0.6) is 5.75 Å². The van der Waals surface area contributed by atoms with E-state index in [0.29, 0.717) is 0 Å². The molecule has 0 unspecified atom stereocenters. The minimum absolute atomic E-state index is 0.473. The number of nitro groups is 1. The number of rotatable bonds is 5. The highest BCUT2D eigenvalue weighted by molar-refractivity contribution is 7.99. The molecular formula is C15H13NO3S. The van der Waals surface area contributed by atoms with E-state index >= 15 is 0 Å². The average molecular weight is 287 g/mol. The van der Waals surface area contributed by atoms with Crippen molar-refractivity contribution in [2.45, 2.75) is 9.79 Å². The highest BCUT2D eigenvalue weighted by Gasteiger charge is 1.99. The molecule has 0 saturated carbocycles. The molecule has 5 heteroatoms. The van der Waals surface area contributed by atoms with Gasteiger partial charge in [-0.25, -0.2) is 0 Å². The van der Waals surface area contributed by atoms with Gasteiger partial charge in [0.05, 0.1) is 12.0 Å². The molecule has 0 aliphatic carbocycles. The van der Waals surface area contributed by atoms with Gasteiger partial charge in [-0.1, -0.05) is 30.0 Å². The highest BCUT2D eigenvalue weighted by atomic mass is 32.2. The predicted molar refractivity (Wildman–Crippen MR) is 79.6 cm³/mol. The molecule has 0 aliphatic heterocycles. The van der Waals surface area contributed by atoms with Gasteiger partial charge in [-0.15, -0.1) is 0 Å². The van der Waals surface area contributed by atoms with Crippen molar-refractivity contribution < 1.29 is 9.66 Å². The van der Waals surface area contributed by atoms with Crippen molar-refractivity contribution >= 4 is 17.8 Å². The molecule has 0 radical (unpaired) electrons. The zero-order valence-corrected chi connectivity index (χ0v) is 11.7. The molecule has 0 bridgehead atoms. The molecule has 0 saturated heterocycles. The zero-order chi connectivity index (χ0) is 14.4. The Morgan fingerprint density at radius 2 is 1.90 bits per heavy atom. The molecule has 20 heavy (non-hydrogen) atoms. The summed E-state index contributed by atoms with van der Waals surface area (Å²) in [5.74, 6) is 0.820. The van der Waals surface area contributed by atoms with Crippen LogP contribution < -0.4 is 4.74 Å². The van der Waals surface area contributed by atoms with Gasteiger partial charge in [0.25, 0.3) is 0 Å². The van der Waals surface area contributed by atoms with Crippen molar-refractivity contribution in [3.63, 3.8) is 0 Å². The minimum atomic E-state index is -0.473. The van der Waals surface area contributed by atoms with E-state index in [0.717, 1.165) is 27.3 Å². The molecule has 0 spiro atoms. The second kappa shape index (κ2) is 6.77. The molecule has 0 amide bonds. The van der Waals surface area contributed by atoms with Crippen LogP contribution in [0.1, 0.15) is 5.56 Å². The van der Waals surface area contributed by atoms with Crippen LogP contribution in [0, 0.1) is 10.1 Å². The first-order valence-corrected chi connectivity index (χ1v) is 6.73. The summed E-state index contributed by atoms with van der Waals surface area (Å²) in [7, 11) is 1.64. The summed E-state index contributed by atoms with van der Waals surface area (Å²) in [6, 6.07) is 15.4. The van der Waals surface area contributed by atoms with Crippen LogP contribution in [0.3, 0.4) is 0 Å². The van der Waals surface area contributed by atoms with Crippen LogP contribution >= 0.6 is 11.8 Å². The lowest BCUT2D eigenvalue weighted by Gasteiger charge is -2.04. The predicted octanol–water partition coefficient (Wildman–Crippen LogP) is 4.09. The molecule has 0 aromatic heterocycles. The van der Waals surface area contributed by atoms with Crippen molar-refractivity contribution in [1.29, 1.82) is 0 Å². The van der Waals surface area contributed by atoms with E-state index in [1.807, 2.05) is 48.5 Å². The summed E-state index contributed by atoms with van der Waals surface area (Å²) in [5, 5.41) is 10.2. The van der Waals surface area contributed by atoms with E-state index in [2.05, 4.69) is 0 Å². The molecule has 102 valence electrons. The lowest BCUT2D eigenvalue weighted by Crippen LogP contribution is -1.83. The molecule has 2 rings (SSSR count). The Labute approximate surface area is 121 Å². The first-order chi connectivity index (χ1) is 9.67. The topological polar surface area (TPSA) is 52.4 Å². The highest BCUT2D eigenvalue weighted by Crippen LogP contribution is 2.30. The Morgan fingerprint density at radius 3 is 2.55 bits per heavy atom. The fraction of sp³-hybridized carbons (Fsp3) is 0.0667. The van der Waals surface area contributed by atoms with Gasteiger partial charge in [-0.3, -0.25) is 10.1 Å². The maximum Gasteiger partial charge on any atom is 0.235 e. The maximum absolute atomic E-state index is 10.2. The molecule has 0 atom stereocenters. The van der Waals surface area contributed by atoms with E-state index in [1.54, 1.807) is 18.9 Å². The van der Waals surface area contributed by atoms with Crippen molar-refractivity contribution in [3.05, 3.63) is 70.4 Å². The maximum atomic E-state index is 10.2. The van der Waals surface area contributed by atoms with Crippen molar-refractivity contribution in [2.24, 2.45) is 0 Å². The SMILES string of the molecule is COc1cccc(Sc2ccc(C=C[N+](=O)[O-])cc2)c1. The summed E-state index contributed by atoms with van der Waals surface area (Å²) >= 11 is 1.61. The third-order valence-corrected chi connectivity index (χ3v) is 3.54. The summed E-state index contributed by atoms with van der Waals surface area (Å²) in [5.41, 5.74) is 0.802. The second-order valence-electron chi connectivity index (χ2n) is 3.95. The van der Waals surface area contributed by atoms with Crippen LogP contribution in [-0.2, 0) is 0 Å². The van der Waals surface area contributed by atoms with E-state index in [4.69, 9.17) is 4.74 Å². The zero-order valence-electron chi connectivity index (χ0n) is 10.9. The third kappa shape index (κ3) is 4.13. The van der Waals surface area contributed by atoms with Crippen LogP contribution in [0.4, 0.5) is 0 Å². The Balaban J connectivity index is 2.08. The molecule has 2 aromatic carbocycles. The van der Waals surface area contributed by atoms with E-state index in [-0.39, 0.29) is 0 Å². The normalized spacial score (nSPS) is 10.7. The van der Waals surface area contributed by atoms with Gasteiger partial charge in [-0.05, 0) is 35.9 Å². The van der Waals surface area contributed by atoms with E-state index < -0.39 is 4.92 Å². The fourth-order valence-electron chi connectivity index (χ4n) is 1.59. The Bertz CT molecular complexity index is 623. The quantitative estimate of drug-likeness (QED) is 0.614. The number of nitrogens with zero attached hydrogens (tertiary/aromatic N) is 1. The first-order valence-electron chi connectivity index (χ1n) is 5.91. The van der Waals surface area contributed by atoms with Crippen LogP contribution in [0.2, 0.25) is 0 Å². The Kier molecular flexibility index (Phi) is 4.79. The number of methoxy groups -OCH3 is 1. The molecule has 0 aliphatic rings. The second-order valence-corrected chi connectivity index (χ2v) is 5.10. The van der Waals surface area contributed by atoms with Crippen LogP contribution in [0.25, 0.3) is 6.08 Å². The summed E-state index contributed by atoms with van der Waals surface area (Å²) in [6.07, 6.45) is 2.41. The summed E-state index contributed by atoms with van der Waals surface area (Å²) in [6.45, 7) is 0. The summed E-state index contributed by atoms with van der Waals surface area (Å²) in [4.78, 5) is 11.9. The van der Waals surface area contributed by atoms with Gasteiger partial charge in [0.15, 0.2) is 0 Å². The monoisotopic (exact) mass is 287 g/mol. The van der Waals surface area contributed by atoms with E-state index in [9.17, 15) is 10.1 Å². The standard InChI is InChI=1S/C15H13NO3S/c1-19-13-3-2-4-15(11-13)20-14-7-5-12(6-8-14)9-10-16(17)18/h2-11H,1H3. The lowest BCUT2D eigenvalue weighted by atomic mass is 10.2. The van der Waals surface area contributed by atoms with Gasteiger partial charge in [0, 0.05) is 15.9 Å². The molecule has 4 nitrogen and oxygen atoms in total. The average Bonchev–Trinajstić information content (AvgIpc) is 2.47. The van der Waals surface area contributed by atoms with Gasteiger partial charge < -0.3 is 4.74 Å². The molecular weight excluding hydrogens is 274 g/mol. The van der Waals surface area contributed by atoms with Crippen LogP contribution in [-0.4, -0.2) is 12.0 Å². The largest absolute Gasteiger partial charge is 0.497 e. The molecule has 0 N–H and O–H groups in total. The minimum Gasteiger partial charge on any atom is -0.497 e. The molecule has 0 fully saturated rings. The molecule has 2 aromatic rings. The van der Waals surface area contributed by atoms with Crippen molar-refractivity contribution in [1.82, 2.24) is 0 Å². The smallest absolute Gasteiger partial charge is 0.235 e. The van der Waals surface area contributed by atoms with Crippen LogP contribution in [0.15, 0.2) is 64.5 Å². The van der Waals surface area contributed by atoms with Gasteiger partial charge in [-0.2, -0.15) is 0 Å². The lowest BCUT2D eigenvalue weighted by molar-refractivity contribution is -0.400. The Morgan fingerprint density at radius 1 is 1.15 bits per heavy atom. The number of hydrogen-bond donors (Lipinski definition) is 0. The van der Waals surface area contributed by atoms with E-state index in [1.165, 1.54) is 6.08 Å². The third-order valence-electron chi connectivity index (χ3n) is 2.55. The fourth-order valence-corrected chi connectivity index (χ4v) is 2.46.